The average Bonchev–Trinajstić information content (AvgIpc) is 2.43. The second kappa shape index (κ2) is 7.85. The first kappa shape index (κ1) is 16.4. The number of rotatable bonds is 5. The lowest BCUT2D eigenvalue weighted by molar-refractivity contribution is -0.145. The third kappa shape index (κ3) is 4.81. The van der Waals surface area contributed by atoms with E-state index in [9.17, 15) is 9.59 Å². The maximum Gasteiger partial charge on any atom is 0.325 e. The van der Waals surface area contributed by atoms with E-state index in [1.165, 1.54) is 18.1 Å². The van der Waals surface area contributed by atoms with Gasteiger partial charge in [0.15, 0.2) is 0 Å². The Kier molecular flexibility index (Phi) is 6.45. The molecule has 0 bridgehead atoms. The second-order valence-corrected chi connectivity index (χ2v) is 5.14. The molecule has 0 aliphatic carbocycles. The van der Waals surface area contributed by atoms with Crippen molar-refractivity contribution in [2.75, 3.05) is 20.2 Å². The Bertz CT molecular complexity index is 526. The molecule has 0 radical (unpaired) electrons. The van der Waals surface area contributed by atoms with Crippen LogP contribution in [0.2, 0.25) is 0 Å². The number of likely N-dealkylation sites (N-methyl/N-ethyl adjacent to an activating group) is 1. The number of halogens is 1. The summed E-state index contributed by atoms with van der Waals surface area (Å²) in [5, 5.41) is 0. The lowest BCUT2D eigenvalue weighted by Gasteiger charge is -2.17. The second-order valence-electron chi connectivity index (χ2n) is 4.29. The molecule has 0 saturated heterocycles. The molecule has 108 valence electrons. The number of nitrogens with zero attached hydrogens (tertiary/aromatic N) is 1. The molecule has 1 amide bonds. The number of hydrogen-bond donors (Lipinski definition) is 0. The van der Waals surface area contributed by atoms with E-state index in [0.717, 1.165) is 15.6 Å². The Morgan fingerprint density at radius 1 is 1.40 bits per heavy atom. The van der Waals surface area contributed by atoms with Crippen molar-refractivity contribution < 1.29 is 14.3 Å². The summed E-state index contributed by atoms with van der Waals surface area (Å²) >= 11 is 3.45. The van der Waals surface area contributed by atoms with Gasteiger partial charge in [-0.05, 0) is 37.1 Å². The molecule has 0 N–H and O–H groups in total. The molecule has 1 aromatic carbocycles. The number of aryl methyl sites for hydroxylation is 1. The third-order valence-electron chi connectivity index (χ3n) is 2.80. The van der Waals surface area contributed by atoms with Crippen LogP contribution in [0.1, 0.15) is 18.1 Å². The first-order valence-corrected chi connectivity index (χ1v) is 7.07. The van der Waals surface area contributed by atoms with E-state index in [1.54, 1.807) is 6.08 Å². The van der Waals surface area contributed by atoms with Crippen molar-refractivity contribution in [3.05, 3.63) is 39.9 Å². The monoisotopic (exact) mass is 339 g/mol. The summed E-state index contributed by atoms with van der Waals surface area (Å²) in [7, 11) is 1.31. The maximum atomic E-state index is 12.0. The van der Waals surface area contributed by atoms with Crippen LogP contribution in [0.5, 0.6) is 0 Å². The quantitative estimate of drug-likeness (QED) is 0.612. The summed E-state index contributed by atoms with van der Waals surface area (Å²) in [6.45, 7) is 4.23. The van der Waals surface area contributed by atoms with Crippen LogP contribution in [-0.4, -0.2) is 37.0 Å². The van der Waals surface area contributed by atoms with Crippen LogP contribution in [0.4, 0.5) is 0 Å². The Morgan fingerprint density at radius 3 is 2.65 bits per heavy atom. The first-order valence-electron chi connectivity index (χ1n) is 6.28. The Labute approximate surface area is 127 Å². The zero-order chi connectivity index (χ0) is 15.1. The van der Waals surface area contributed by atoms with Crippen molar-refractivity contribution >= 4 is 33.9 Å². The number of carbonyl (C=O) groups is 2. The molecule has 0 aromatic heterocycles. The largest absolute Gasteiger partial charge is 0.468 e. The van der Waals surface area contributed by atoms with Crippen molar-refractivity contribution in [2.45, 2.75) is 13.8 Å². The Hall–Kier alpha value is -1.62. The number of benzene rings is 1. The van der Waals surface area contributed by atoms with Crippen LogP contribution in [-0.2, 0) is 14.3 Å². The van der Waals surface area contributed by atoms with E-state index in [-0.39, 0.29) is 12.5 Å². The van der Waals surface area contributed by atoms with E-state index in [4.69, 9.17) is 0 Å². The maximum absolute atomic E-state index is 12.0. The highest BCUT2D eigenvalue weighted by Gasteiger charge is 2.13. The molecule has 5 heteroatoms. The van der Waals surface area contributed by atoms with Gasteiger partial charge in [0.1, 0.15) is 6.54 Å². The number of esters is 1. The lowest BCUT2D eigenvalue weighted by atomic mass is 10.1. The van der Waals surface area contributed by atoms with Crippen molar-refractivity contribution in [3.8, 4) is 0 Å². The number of amides is 1. The van der Waals surface area contributed by atoms with E-state index in [0.29, 0.717) is 6.54 Å². The molecule has 0 unspecified atom stereocenters. The Balaban J connectivity index is 2.77. The minimum absolute atomic E-state index is 0.0365. The van der Waals surface area contributed by atoms with Crippen LogP contribution < -0.4 is 0 Å². The lowest BCUT2D eigenvalue weighted by Crippen LogP contribution is -2.34. The van der Waals surface area contributed by atoms with Gasteiger partial charge in [-0.15, -0.1) is 0 Å². The SMILES string of the molecule is CCN(CC(=O)OC)C(=O)C=Cc1ccc(C)cc1Br. The number of methoxy groups -OCH3 is 1. The fourth-order valence-electron chi connectivity index (χ4n) is 1.60. The smallest absolute Gasteiger partial charge is 0.325 e. The van der Waals surface area contributed by atoms with Gasteiger partial charge in [0.2, 0.25) is 5.91 Å². The van der Waals surface area contributed by atoms with Crippen LogP contribution in [0.15, 0.2) is 28.7 Å². The van der Waals surface area contributed by atoms with Gasteiger partial charge < -0.3 is 9.64 Å². The van der Waals surface area contributed by atoms with Crippen molar-refractivity contribution in [3.63, 3.8) is 0 Å². The fraction of sp³-hybridized carbons (Fsp3) is 0.333. The zero-order valence-electron chi connectivity index (χ0n) is 11.9. The summed E-state index contributed by atoms with van der Waals surface area (Å²) in [5.41, 5.74) is 2.05. The minimum Gasteiger partial charge on any atom is -0.468 e. The third-order valence-corrected chi connectivity index (χ3v) is 3.49. The van der Waals surface area contributed by atoms with Crippen molar-refractivity contribution in [2.24, 2.45) is 0 Å². The molecule has 0 aliphatic rings. The summed E-state index contributed by atoms with van der Waals surface area (Å²) in [4.78, 5) is 24.6. The predicted octanol–water partition coefficient (Wildman–Crippen LogP) is 2.79. The fourth-order valence-corrected chi connectivity index (χ4v) is 2.23. The topological polar surface area (TPSA) is 46.6 Å². The van der Waals surface area contributed by atoms with Gasteiger partial charge in [-0.2, -0.15) is 0 Å². The van der Waals surface area contributed by atoms with E-state index < -0.39 is 5.97 Å². The van der Waals surface area contributed by atoms with Crippen LogP contribution in [0.3, 0.4) is 0 Å². The van der Waals surface area contributed by atoms with Crippen LogP contribution in [0, 0.1) is 6.92 Å². The predicted molar refractivity (Wildman–Crippen MR) is 82.2 cm³/mol. The van der Waals surface area contributed by atoms with E-state index in [2.05, 4.69) is 20.7 Å². The highest BCUT2D eigenvalue weighted by molar-refractivity contribution is 9.10. The molecule has 0 fully saturated rings. The molecule has 20 heavy (non-hydrogen) atoms. The van der Waals surface area contributed by atoms with Gasteiger partial charge in [-0.25, -0.2) is 0 Å². The molecular weight excluding hydrogens is 322 g/mol. The number of hydrogen-bond acceptors (Lipinski definition) is 3. The summed E-state index contributed by atoms with van der Waals surface area (Å²) in [6, 6.07) is 5.89. The van der Waals surface area contributed by atoms with E-state index in [1.807, 2.05) is 32.0 Å². The molecule has 0 spiro atoms. The van der Waals surface area contributed by atoms with Gasteiger partial charge >= 0.3 is 5.97 Å². The molecule has 0 aliphatic heterocycles. The first-order chi connectivity index (χ1) is 9.47. The van der Waals surface area contributed by atoms with Gasteiger partial charge in [0.05, 0.1) is 7.11 Å². The van der Waals surface area contributed by atoms with E-state index >= 15 is 0 Å². The molecular formula is C15H18BrNO3. The minimum atomic E-state index is -0.426. The molecule has 0 saturated carbocycles. The molecule has 1 aromatic rings. The molecule has 1 rings (SSSR count). The summed E-state index contributed by atoms with van der Waals surface area (Å²) in [5.74, 6) is -0.643. The van der Waals surface area contributed by atoms with Crippen LogP contribution >= 0.6 is 15.9 Å². The van der Waals surface area contributed by atoms with Crippen molar-refractivity contribution in [1.29, 1.82) is 0 Å². The van der Waals surface area contributed by atoms with Gasteiger partial charge in [0.25, 0.3) is 0 Å². The van der Waals surface area contributed by atoms with Gasteiger partial charge in [-0.1, -0.05) is 28.1 Å². The highest BCUT2D eigenvalue weighted by atomic mass is 79.9. The molecule has 0 heterocycles. The molecule has 4 nitrogen and oxygen atoms in total. The normalized spacial score (nSPS) is 10.6. The van der Waals surface area contributed by atoms with Gasteiger partial charge in [-0.3, -0.25) is 9.59 Å². The zero-order valence-corrected chi connectivity index (χ0v) is 13.4. The Morgan fingerprint density at radius 2 is 2.10 bits per heavy atom. The van der Waals surface area contributed by atoms with Crippen LogP contribution in [0.25, 0.3) is 6.08 Å². The van der Waals surface area contributed by atoms with Gasteiger partial charge in [0, 0.05) is 17.1 Å². The summed E-state index contributed by atoms with van der Waals surface area (Å²) < 4.78 is 5.49. The summed E-state index contributed by atoms with van der Waals surface area (Å²) in [6.07, 6.45) is 3.19. The highest BCUT2D eigenvalue weighted by Crippen LogP contribution is 2.19. The number of carbonyl (C=O) groups excluding carboxylic acids is 2. The molecule has 0 atom stereocenters. The average molecular weight is 340 g/mol. The van der Waals surface area contributed by atoms with Crippen molar-refractivity contribution in [1.82, 2.24) is 4.90 Å². The number of ether oxygens (including phenoxy) is 1. The standard InChI is InChI=1S/C15H18BrNO3/c1-4-17(10-15(19)20-3)14(18)8-7-12-6-5-11(2)9-13(12)16/h5-9H,4,10H2,1-3H3.